The lowest BCUT2D eigenvalue weighted by Gasteiger charge is -1.95. The summed E-state index contributed by atoms with van der Waals surface area (Å²) in [4.78, 5) is 4.52. The third-order valence-corrected chi connectivity index (χ3v) is 3.73. The first kappa shape index (κ1) is 12.2. The molecule has 3 rings (SSSR count). The van der Waals surface area contributed by atoms with E-state index in [9.17, 15) is 0 Å². The first-order valence-corrected chi connectivity index (χ1v) is 7.09. The zero-order valence-corrected chi connectivity index (χ0v) is 12.0. The summed E-state index contributed by atoms with van der Waals surface area (Å²) in [6, 6.07) is 8.06. The molecule has 0 N–H and O–H groups in total. The first-order valence-electron chi connectivity index (χ1n) is 5.42. The smallest absolute Gasteiger partial charge is 0.141 e. The van der Waals surface area contributed by atoms with Crippen LogP contribution < -0.4 is 0 Å². The minimum atomic E-state index is 0.814. The minimum absolute atomic E-state index is 0.814. The maximum atomic E-state index is 4.52. The van der Waals surface area contributed by atoms with Gasteiger partial charge in [-0.15, -0.1) is 21.5 Å². The molecular weight excluding hydrogens is 326 g/mol. The summed E-state index contributed by atoms with van der Waals surface area (Å²) >= 11 is 5.04. The van der Waals surface area contributed by atoms with E-state index < -0.39 is 0 Å². The van der Waals surface area contributed by atoms with E-state index in [0.29, 0.717) is 0 Å². The van der Waals surface area contributed by atoms with Gasteiger partial charge in [-0.25, -0.2) is 9.66 Å². The van der Waals surface area contributed by atoms with Gasteiger partial charge in [-0.3, -0.25) is 0 Å². The Morgan fingerprint density at radius 1 is 1.26 bits per heavy atom. The number of rotatable bonds is 3. The quantitative estimate of drug-likeness (QED) is 0.692. The largest absolute Gasteiger partial charge is 0.235 e. The van der Waals surface area contributed by atoms with Gasteiger partial charge >= 0.3 is 0 Å². The molecule has 2 heterocycles. The van der Waals surface area contributed by atoms with Gasteiger partial charge in [-0.05, 0) is 12.1 Å². The summed E-state index contributed by atoms with van der Waals surface area (Å²) in [5.41, 5.74) is 1.90. The fourth-order valence-corrected chi connectivity index (χ4v) is 2.65. The molecule has 0 saturated heterocycles. The Labute approximate surface area is 121 Å². The second-order valence-corrected chi connectivity index (χ2v) is 5.45. The van der Waals surface area contributed by atoms with Crippen LogP contribution in [-0.4, -0.2) is 26.1 Å². The summed E-state index contributed by atoms with van der Waals surface area (Å²) in [6.45, 7) is 0. The second-order valence-electron chi connectivity index (χ2n) is 3.67. The lowest BCUT2D eigenvalue weighted by molar-refractivity contribution is 0.877. The zero-order valence-electron chi connectivity index (χ0n) is 9.64. The van der Waals surface area contributed by atoms with Crippen LogP contribution in [0.2, 0.25) is 0 Å². The molecule has 0 aliphatic carbocycles. The van der Waals surface area contributed by atoms with Crippen LogP contribution in [0.5, 0.6) is 0 Å². The summed E-state index contributed by atoms with van der Waals surface area (Å²) < 4.78 is 2.57. The van der Waals surface area contributed by atoms with Crippen molar-refractivity contribution < 1.29 is 0 Å². The highest BCUT2D eigenvalue weighted by Crippen LogP contribution is 2.25. The second kappa shape index (κ2) is 5.41. The molecular formula is C12H8BrN5S. The topological polar surface area (TPSA) is 56.0 Å². The van der Waals surface area contributed by atoms with Crippen LogP contribution in [-0.2, 0) is 0 Å². The third kappa shape index (κ3) is 2.94. The molecule has 0 amide bonds. The molecule has 5 nitrogen and oxygen atoms in total. The lowest BCUT2D eigenvalue weighted by atomic mass is 10.2. The molecule has 7 heteroatoms. The molecule has 0 bridgehead atoms. The molecule has 0 atom stereocenters. The van der Waals surface area contributed by atoms with Crippen LogP contribution in [0.4, 0.5) is 0 Å². The third-order valence-electron chi connectivity index (χ3n) is 2.32. The van der Waals surface area contributed by atoms with Crippen molar-refractivity contribution in [2.45, 2.75) is 0 Å². The molecule has 19 heavy (non-hydrogen) atoms. The average Bonchev–Trinajstić information content (AvgIpc) is 3.08. The summed E-state index contributed by atoms with van der Waals surface area (Å²) in [5, 5.41) is 14.4. The monoisotopic (exact) mass is 333 g/mol. The van der Waals surface area contributed by atoms with E-state index in [-0.39, 0.29) is 0 Å². The van der Waals surface area contributed by atoms with Gasteiger partial charge in [-0.1, -0.05) is 28.1 Å². The van der Waals surface area contributed by atoms with Crippen molar-refractivity contribution in [3.05, 3.63) is 52.5 Å². The van der Waals surface area contributed by atoms with E-state index in [1.54, 1.807) is 17.6 Å². The van der Waals surface area contributed by atoms with Crippen molar-refractivity contribution in [1.29, 1.82) is 0 Å². The predicted octanol–water partition coefficient (Wildman–Crippen LogP) is 3.05. The molecule has 0 radical (unpaired) electrons. The van der Waals surface area contributed by atoms with Gasteiger partial charge in [0.2, 0.25) is 0 Å². The Balaban J connectivity index is 1.83. The predicted molar refractivity (Wildman–Crippen MR) is 78.3 cm³/mol. The van der Waals surface area contributed by atoms with Gasteiger partial charge in [0.15, 0.2) is 0 Å². The Kier molecular flexibility index (Phi) is 3.47. The number of aromatic nitrogens is 4. The fraction of sp³-hybridized carbons (Fsp3) is 0. The highest BCUT2D eigenvalue weighted by molar-refractivity contribution is 9.10. The number of hydrogen-bond donors (Lipinski definition) is 0. The average molecular weight is 334 g/mol. The summed E-state index contributed by atoms with van der Waals surface area (Å²) in [7, 11) is 0. The summed E-state index contributed by atoms with van der Waals surface area (Å²) in [5.74, 6) is 0. The molecule has 94 valence electrons. The van der Waals surface area contributed by atoms with Gasteiger partial charge in [-0.2, -0.15) is 5.10 Å². The van der Waals surface area contributed by atoms with E-state index in [2.05, 4.69) is 36.2 Å². The Hall–Kier alpha value is -1.86. The first-order chi connectivity index (χ1) is 9.31. The van der Waals surface area contributed by atoms with Gasteiger partial charge in [0.25, 0.3) is 0 Å². The van der Waals surface area contributed by atoms with Crippen LogP contribution in [0.25, 0.3) is 10.6 Å². The standard InChI is InChI=1S/C12H8BrN5S/c13-10-3-1-2-9(4-10)12-17-11(6-19-12)5-16-18-7-14-15-8-18/h1-8H/b16-5-. The Morgan fingerprint density at radius 3 is 2.89 bits per heavy atom. The van der Waals surface area contributed by atoms with E-state index >= 15 is 0 Å². The molecule has 0 aliphatic heterocycles. The van der Waals surface area contributed by atoms with Gasteiger partial charge in [0.1, 0.15) is 17.7 Å². The van der Waals surface area contributed by atoms with E-state index in [0.717, 1.165) is 20.7 Å². The van der Waals surface area contributed by atoms with Crippen LogP contribution in [0.15, 0.2) is 51.9 Å². The van der Waals surface area contributed by atoms with Crippen molar-refractivity contribution in [2.24, 2.45) is 5.10 Å². The number of hydrogen-bond acceptors (Lipinski definition) is 5. The van der Waals surface area contributed by atoms with Crippen molar-refractivity contribution in [3.63, 3.8) is 0 Å². The van der Waals surface area contributed by atoms with Crippen LogP contribution >= 0.6 is 27.3 Å². The van der Waals surface area contributed by atoms with Crippen LogP contribution in [0.1, 0.15) is 5.69 Å². The maximum absolute atomic E-state index is 4.52. The van der Waals surface area contributed by atoms with Crippen LogP contribution in [0.3, 0.4) is 0 Å². The number of nitrogens with zero attached hydrogens (tertiary/aromatic N) is 5. The van der Waals surface area contributed by atoms with Gasteiger partial charge in [0.05, 0.1) is 11.9 Å². The number of thiazole rings is 1. The fourth-order valence-electron chi connectivity index (χ4n) is 1.48. The molecule has 2 aromatic heterocycles. The van der Waals surface area contributed by atoms with Crippen molar-refractivity contribution in [3.8, 4) is 10.6 Å². The van der Waals surface area contributed by atoms with Crippen molar-refractivity contribution in [2.75, 3.05) is 0 Å². The maximum Gasteiger partial charge on any atom is 0.141 e. The highest BCUT2D eigenvalue weighted by atomic mass is 79.9. The van der Waals surface area contributed by atoms with Gasteiger partial charge in [0, 0.05) is 15.4 Å². The molecule has 0 aliphatic rings. The molecule has 0 unspecified atom stereocenters. The molecule has 0 spiro atoms. The molecule has 0 saturated carbocycles. The highest BCUT2D eigenvalue weighted by Gasteiger charge is 2.03. The van der Waals surface area contributed by atoms with Crippen LogP contribution in [0, 0.1) is 0 Å². The Morgan fingerprint density at radius 2 is 2.11 bits per heavy atom. The lowest BCUT2D eigenvalue weighted by Crippen LogP contribution is -1.87. The van der Waals surface area contributed by atoms with E-state index in [1.807, 2.05) is 29.6 Å². The SMILES string of the molecule is Brc1cccc(-c2nc(/C=N\n3cnnc3)cs2)c1. The van der Waals surface area contributed by atoms with E-state index in [1.165, 1.54) is 17.3 Å². The van der Waals surface area contributed by atoms with Crippen molar-refractivity contribution in [1.82, 2.24) is 19.9 Å². The molecule has 1 aromatic carbocycles. The van der Waals surface area contributed by atoms with Gasteiger partial charge < -0.3 is 0 Å². The normalized spacial score (nSPS) is 11.2. The number of benzene rings is 1. The zero-order chi connectivity index (χ0) is 13.1. The molecule has 0 fully saturated rings. The minimum Gasteiger partial charge on any atom is -0.235 e. The van der Waals surface area contributed by atoms with Crippen molar-refractivity contribution >= 4 is 33.5 Å². The Bertz CT molecular complexity index is 705. The summed E-state index contributed by atoms with van der Waals surface area (Å²) in [6.07, 6.45) is 4.73. The van der Waals surface area contributed by atoms with E-state index in [4.69, 9.17) is 0 Å². The number of halogens is 1. The molecule has 3 aromatic rings.